The van der Waals surface area contributed by atoms with Gasteiger partial charge in [0.05, 0.1) is 0 Å². The van der Waals surface area contributed by atoms with E-state index >= 15 is 0 Å². The van der Waals surface area contributed by atoms with Crippen LogP contribution in [0.3, 0.4) is 0 Å². The summed E-state index contributed by atoms with van der Waals surface area (Å²) in [5.41, 5.74) is 6.19. The second kappa shape index (κ2) is 6.17. The summed E-state index contributed by atoms with van der Waals surface area (Å²) in [5, 5.41) is 0. The van der Waals surface area contributed by atoms with E-state index in [4.69, 9.17) is 5.73 Å². The zero-order valence-corrected chi connectivity index (χ0v) is 12.4. The largest absolute Gasteiger partial charge is 0.329 e. The highest BCUT2D eigenvalue weighted by Gasteiger charge is 2.34. The number of hydrogen-bond donors (Lipinski definition) is 1. The van der Waals surface area contributed by atoms with Crippen molar-refractivity contribution >= 4 is 0 Å². The molecule has 0 amide bonds. The molecule has 1 aliphatic rings. The Morgan fingerprint density at radius 3 is 2.59 bits per heavy atom. The highest BCUT2D eigenvalue weighted by atomic mass is 15.3. The summed E-state index contributed by atoms with van der Waals surface area (Å²) >= 11 is 0. The van der Waals surface area contributed by atoms with Crippen molar-refractivity contribution in [1.82, 2.24) is 9.80 Å². The first-order valence-corrected chi connectivity index (χ1v) is 7.00. The van der Waals surface area contributed by atoms with Crippen LogP contribution >= 0.6 is 0 Å². The Morgan fingerprint density at radius 2 is 2.12 bits per heavy atom. The smallest absolute Gasteiger partial charge is 0.0306 e. The van der Waals surface area contributed by atoms with E-state index in [9.17, 15) is 0 Å². The zero-order chi connectivity index (χ0) is 13.1. The van der Waals surface area contributed by atoms with Crippen molar-refractivity contribution in [3.8, 4) is 0 Å². The molecule has 1 fully saturated rings. The fourth-order valence-corrected chi connectivity index (χ4v) is 3.15. The van der Waals surface area contributed by atoms with Crippen LogP contribution in [-0.4, -0.2) is 55.1 Å². The van der Waals surface area contributed by atoms with Gasteiger partial charge in [-0.3, -0.25) is 4.90 Å². The van der Waals surface area contributed by atoms with E-state index in [2.05, 4.69) is 44.7 Å². The van der Waals surface area contributed by atoms with Crippen molar-refractivity contribution in [3.63, 3.8) is 0 Å². The lowest BCUT2D eigenvalue weighted by atomic mass is 9.87. The predicted molar refractivity (Wildman–Crippen MR) is 75.2 cm³/mol. The molecule has 0 radical (unpaired) electrons. The summed E-state index contributed by atoms with van der Waals surface area (Å²) < 4.78 is 0. The molecule has 1 rings (SSSR count). The van der Waals surface area contributed by atoms with Gasteiger partial charge in [0.25, 0.3) is 0 Å². The number of nitrogens with two attached hydrogens (primary N) is 1. The molecule has 3 nitrogen and oxygen atoms in total. The Morgan fingerprint density at radius 1 is 1.47 bits per heavy atom. The lowest BCUT2D eigenvalue weighted by molar-refractivity contribution is 0.0364. The van der Waals surface area contributed by atoms with Crippen molar-refractivity contribution in [2.45, 2.75) is 51.6 Å². The van der Waals surface area contributed by atoms with Crippen LogP contribution in [-0.2, 0) is 0 Å². The van der Waals surface area contributed by atoms with Crippen molar-refractivity contribution in [2.24, 2.45) is 11.7 Å². The van der Waals surface area contributed by atoms with Gasteiger partial charge in [-0.05, 0) is 52.7 Å². The molecule has 0 aromatic heterocycles. The Bertz CT molecular complexity index is 230. The predicted octanol–water partition coefficient (Wildman–Crippen LogP) is 1.78. The number of hydrogen-bond acceptors (Lipinski definition) is 3. The molecule has 3 heteroatoms. The van der Waals surface area contributed by atoms with E-state index < -0.39 is 0 Å². The quantitative estimate of drug-likeness (QED) is 0.796. The maximum atomic E-state index is 6.04. The fraction of sp³-hybridized carbons (Fsp3) is 1.00. The first-order chi connectivity index (χ1) is 7.89. The van der Waals surface area contributed by atoms with Crippen LogP contribution in [0.5, 0.6) is 0 Å². The van der Waals surface area contributed by atoms with Crippen molar-refractivity contribution < 1.29 is 0 Å². The highest BCUT2D eigenvalue weighted by molar-refractivity contribution is 4.92. The molecule has 0 saturated carbocycles. The van der Waals surface area contributed by atoms with Crippen molar-refractivity contribution in [2.75, 3.05) is 33.7 Å². The molecule has 0 aromatic carbocycles. The molecule has 0 spiro atoms. The van der Waals surface area contributed by atoms with Gasteiger partial charge in [0.1, 0.15) is 0 Å². The van der Waals surface area contributed by atoms with E-state index in [1.807, 2.05) is 0 Å². The minimum atomic E-state index is 0.150. The topological polar surface area (TPSA) is 32.5 Å². The van der Waals surface area contributed by atoms with E-state index in [1.54, 1.807) is 0 Å². The summed E-state index contributed by atoms with van der Waals surface area (Å²) in [7, 11) is 4.49. The van der Waals surface area contributed by atoms with Gasteiger partial charge < -0.3 is 10.6 Å². The molecule has 1 saturated heterocycles. The first-order valence-electron chi connectivity index (χ1n) is 7.00. The van der Waals surface area contributed by atoms with E-state index in [-0.39, 0.29) is 5.54 Å². The number of piperidine rings is 1. The second-order valence-electron chi connectivity index (χ2n) is 6.47. The average molecular weight is 241 g/mol. The normalized spacial score (nSPS) is 26.5. The van der Waals surface area contributed by atoms with Crippen LogP contribution in [0.2, 0.25) is 0 Å². The third-order valence-corrected chi connectivity index (χ3v) is 4.29. The molecule has 0 aliphatic carbocycles. The Labute approximate surface area is 107 Å². The molecule has 0 aromatic rings. The highest BCUT2D eigenvalue weighted by Crippen LogP contribution is 2.26. The van der Waals surface area contributed by atoms with Gasteiger partial charge in [-0.1, -0.05) is 13.8 Å². The molecule has 2 atom stereocenters. The molecule has 2 unspecified atom stereocenters. The van der Waals surface area contributed by atoms with Gasteiger partial charge in [0.15, 0.2) is 0 Å². The maximum Gasteiger partial charge on any atom is 0.0306 e. The van der Waals surface area contributed by atoms with Crippen molar-refractivity contribution in [3.05, 3.63) is 0 Å². The number of rotatable bonds is 5. The Kier molecular flexibility index (Phi) is 5.42. The number of likely N-dealkylation sites (N-methyl/N-ethyl adjacent to an activating group) is 2. The van der Waals surface area contributed by atoms with Crippen LogP contribution in [0, 0.1) is 5.92 Å². The Balaban J connectivity index is 2.66. The maximum absolute atomic E-state index is 6.04. The number of nitrogens with zero attached hydrogens (tertiary/aromatic N) is 2. The molecule has 102 valence electrons. The van der Waals surface area contributed by atoms with Crippen LogP contribution in [0.25, 0.3) is 0 Å². The fourth-order valence-electron chi connectivity index (χ4n) is 3.15. The summed E-state index contributed by atoms with van der Waals surface area (Å²) in [6.07, 6.45) is 3.81. The first kappa shape index (κ1) is 14.9. The van der Waals surface area contributed by atoms with Crippen LogP contribution in [0.4, 0.5) is 0 Å². The SMILES string of the molecule is CC(C)CC(C)(CN)N(C)C1CCCN(C)C1. The van der Waals surface area contributed by atoms with Crippen LogP contribution in [0.1, 0.15) is 40.0 Å². The minimum Gasteiger partial charge on any atom is -0.329 e. The van der Waals surface area contributed by atoms with E-state index in [0.29, 0.717) is 12.0 Å². The molecule has 0 bridgehead atoms. The molecular formula is C14H31N3. The van der Waals surface area contributed by atoms with Gasteiger partial charge in [-0.15, -0.1) is 0 Å². The lowest BCUT2D eigenvalue weighted by Crippen LogP contribution is -2.58. The lowest BCUT2D eigenvalue weighted by Gasteiger charge is -2.46. The second-order valence-corrected chi connectivity index (χ2v) is 6.47. The zero-order valence-electron chi connectivity index (χ0n) is 12.4. The van der Waals surface area contributed by atoms with E-state index in [1.165, 1.54) is 32.4 Å². The van der Waals surface area contributed by atoms with Gasteiger partial charge >= 0.3 is 0 Å². The monoisotopic (exact) mass is 241 g/mol. The molecule has 2 N–H and O–H groups in total. The summed E-state index contributed by atoms with van der Waals surface area (Å²) in [4.78, 5) is 4.99. The minimum absolute atomic E-state index is 0.150. The molecule has 17 heavy (non-hydrogen) atoms. The van der Waals surface area contributed by atoms with Crippen LogP contribution < -0.4 is 5.73 Å². The summed E-state index contributed by atoms with van der Waals surface area (Å²) in [6.45, 7) is 10.1. The van der Waals surface area contributed by atoms with Crippen LogP contribution in [0.15, 0.2) is 0 Å². The Hall–Kier alpha value is -0.120. The standard InChI is InChI=1S/C14H31N3/c1-12(2)9-14(3,11-15)17(5)13-7-6-8-16(4)10-13/h12-13H,6-11,15H2,1-5H3. The third kappa shape index (κ3) is 3.94. The average Bonchev–Trinajstić information content (AvgIpc) is 2.27. The molecular weight excluding hydrogens is 210 g/mol. The van der Waals surface area contributed by atoms with Crippen molar-refractivity contribution in [1.29, 1.82) is 0 Å². The molecule has 1 aliphatic heterocycles. The summed E-state index contributed by atoms with van der Waals surface area (Å²) in [6, 6.07) is 0.668. The van der Waals surface area contributed by atoms with Gasteiger partial charge in [0, 0.05) is 24.7 Å². The van der Waals surface area contributed by atoms with Gasteiger partial charge in [-0.25, -0.2) is 0 Å². The van der Waals surface area contributed by atoms with Gasteiger partial charge in [-0.2, -0.15) is 0 Å². The molecule has 1 heterocycles. The third-order valence-electron chi connectivity index (χ3n) is 4.29. The van der Waals surface area contributed by atoms with Gasteiger partial charge in [0.2, 0.25) is 0 Å². The number of likely N-dealkylation sites (tertiary alicyclic amines) is 1. The summed E-state index contributed by atoms with van der Waals surface area (Å²) in [5.74, 6) is 0.701. The van der Waals surface area contributed by atoms with E-state index in [0.717, 1.165) is 6.54 Å².